The van der Waals surface area contributed by atoms with E-state index in [4.69, 9.17) is 27.9 Å². The summed E-state index contributed by atoms with van der Waals surface area (Å²) in [5, 5.41) is 1.07. The maximum Gasteiger partial charge on any atom is 0.251 e. The quantitative estimate of drug-likeness (QED) is 0.687. The Balaban J connectivity index is 1.88. The number of para-hydroxylation sites is 2. The van der Waals surface area contributed by atoms with Gasteiger partial charge in [0.15, 0.2) is 0 Å². The fraction of sp³-hybridized carbons (Fsp3) is 0.211. The van der Waals surface area contributed by atoms with E-state index in [0.29, 0.717) is 22.3 Å². The SMILES string of the molecule is CC1(C)CN(C(=O)/C=C/c2ccc(Cl)cc2Cl)c2ccccc2O1. The number of carbonyl (C=O) groups is 1. The highest BCUT2D eigenvalue weighted by Crippen LogP contribution is 2.36. The lowest BCUT2D eigenvalue weighted by Crippen LogP contribution is -2.48. The van der Waals surface area contributed by atoms with Gasteiger partial charge in [0.05, 0.1) is 12.2 Å². The molecule has 0 atom stereocenters. The van der Waals surface area contributed by atoms with Crippen molar-refractivity contribution in [2.45, 2.75) is 19.4 Å². The molecule has 0 saturated carbocycles. The van der Waals surface area contributed by atoms with Gasteiger partial charge in [0.1, 0.15) is 11.4 Å². The second-order valence-electron chi connectivity index (χ2n) is 6.25. The van der Waals surface area contributed by atoms with Gasteiger partial charge in [-0.05, 0) is 49.8 Å². The molecule has 0 aromatic heterocycles. The van der Waals surface area contributed by atoms with Crippen LogP contribution in [0.2, 0.25) is 10.0 Å². The lowest BCUT2D eigenvalue weighted by Gasteiger charge is -2.39. The number of hydrogen-bond acceptors (Lipinski definition) is 2. The van der Waals surface area contributed by atoms with Crippen LogP contribution in [-0.2, 0) is 4.79 Å². The van der Waals surface area contributed by atoms with Crippen LogP contribution in [0.25, 0.3) is 6.08 Å². The molecule has 2 aromatic rings. The Labute approximate surface area is 151 Å². The topological polar surface area (TPSA) is 29.5 Å². The van der Waals surface area contributed by atoms with Gasteiger partial charge in [0.2, 0.25) is 0 Å². The van der Waals surface area contributed by atoms with Crippen molar-refractivity contribution < 1.29 is 9.53 Å². The van der Waals surface area contributed by atoms with Crippen LogP contribution in [-0.4, -0.2) is 18.1 Å². The largest absolute Gasteiger partial charge is 0.484 e. The average molecular weight is 362 g/mol. The van der Waals surface area contributed by atoms with Gasteiger partial charge >= 0.3 is 0 Å². The van der Waals surface area contributed by atoms with Gasteiger partial charge in [-0.15, -0.1) is 0 Å². The number of amides is 1. The second-order valence-corrected chi connectivity index (χ2v) is 7.10. The third kappa shape index (κ3) is 3.58. The molecule has 2 aromatic carbocycles. The van der Waals surface area contributed by atoms with Crippen LogP contribution in [0.5, 0.6) is 5.75 Å². The highest BCUT2D eigenvalue weighted by atomic mass is 35.5. The van der Waals surface area contributed by atoms with Gasteiger partial charge < -0.3 is 9.64 Å². The first-order valence-electron chi connectivity index (χ1n) is 7.58. The highest BCUT2D eigenvalue weighted by Gasteiger charge is 2.33. The van der Waals surface area contributed by atoms with E-state index in [1.807, 2.05) is 38.1 Å². The number of nitrogens with zero attached hydrogens (tertiary/aromatic N) is 1. The van der Waals surface area contributed by atoms with E-state index < -0.39 is 5.60 Å². The first-order valence-corrected chi connectivity index (χ1v) is 8.34. The number of fused-ring (bicyclic) bond motifs is 1. The highest BCUT2D eigenvalue weighted by molar-refractivity contribution is 6.35. The van der Waals surface area contributed by atoms with E-state index in [0.717, 1.165) is 11.3 Å². The van der Waals surface area contributed by atoms with Crippen LogP contribution >= 0.6 is 23.2 Å². The molecule has 0 spiro atoms. The van der Waals surface area contributed by atoms with E-state index >= 15 is 0 Å². The summed E-state index contributed by atoms with van der Waals surface area (Å²) >= 11 is 12.0. The molecule has 0 N–H and O–H groups in total. The van der Waals surface area contributed by atoms with Crippen LogP contribution in [0.1, 0.15) is 19.4 Å². The molecular weight excluding hydrogens is 345 g/mol. The molecule has 0 radical (unpaired) electrons. The molecule has 0 unspecified atom stereocenters. The summed E-state index contributed by atoms with van der Waals surface area (Å²) in [6.07, 6.45) is 3.22. The van der Waals surface area contributed by atoms with Gasteiger partial charge in [-0.2, -0.15) is 0 Å². The van der Waals surface area contributed by atoms with E-state index in [2.05, 4.69) is 0 Å². The van der Waals surface area contributed by atoms with Crippen molar-refractivity contribution in [1.29, 1.82) is 0 Å². The number of ether oxygens (including phenoxy) is 1. The van der Waals surface area contributed by atoms with Crippen molar-refractivity contribution in [1.82, 2.24) is 0 Å². The van der Waals surface area contributed by atoms with E-state index in [-0.39, 0.29) is 5.91 Å². The summed E-state index contributed by atoms with van der Waals surface area (Å²) in [5.74, 6) is 0.588. The van der Waals surface area contributed by atoms with Crippen molar-refractivity contribution in [3.8, 4) is 5.75 Å². The Kier molecular flexibility index (Phi) is 4.57. The second kappa shape index (κ2) is 6.50. The molecule has 124 valence electrons. The molecule has 3 nitrogen and oxygen atoms in total. The zero-order chi connectivity index (χ0) is 17.3. The Bertz CT molecular complexity index is 815. The molecule has 24 heavy (non-hydrogen) atoms. The number of anilines is 1. The Hall–Kier alpha value is -1.97. The minimum Gasteiger partial charge on any atom is -0.484 e. The number of carbonyl (C=O) groups excluding carboxylic acids is 1. The number of hydrogen-bond donors (Lipinski definition) is 0. The molecule has 1 amide bonds. The fourth-order valence-corrected chi connectivity index (χ4v) is 3.12. The third-order valence-electron chi connectivity index (χ3n) is 3.72. The van der Waals surface area contributed by atoms with Crippen LogP contribution < -0.4 is 9.64 Å². The molecule has 5 heteroatoms. The minimum absolute atomic E-state index is 0.121. The molecule has 1 aliphatic rings. The smallest absolute Gasteiger partial charge is 0.251 e. The summed E-state index contributed by atoms with van der Waals surface area (Å²) in [6, 6.07) is 12.7. The summed E-state index contributed by atoms with van der Waals surface area (Å²) in [6.45, 7) is 4.40. The van der Waals surface area contributed by atoms with Crippen molar-refractivity contribution in [3.05, 3.63) is 64.1 Å². The van der Waals surface area contributed by atoms with Crippen molar-refractivity contribution >= 4 is 40.9 Å². The normalized spacial score (nSPS) is 15.9. The average Bonchev–Trinajstić information content (AvgIpc) is 2.52. The van der Waals surface area contributed by atoms with Gasteiger partial charge in [0.25, 0.3) is 5.91 Å². The number of rotatable bonds is 2. The molecule has 1 heterocycles. The third-order valence-corrected chi connectivity index (χ3v) is 4.28. The Morgan fingerprint density at radius 1 is 1.21 bits per heavy atom. The first kappa shape index (κ1) is 16.9. The number of halogens is 2. The molecule has 0 fully saturated rings. The van der Waals surface area contributed by atoms with Gasteiger partial charge in [-0.1, -0.05) is 41.4 Å². The zero-order valence-corrected chi connectivity index (χ0v) is 14.9. The van der Waals surface area contributed by atoms with Crippen molar-refractivity contribution in [3.63, 3.8) is 0 Å². The molecule has 3 rings (SSSR count). The molecule has 0 bridgehead atoms. The van der Waals surface area contributed by atoms with Gasteiger partial charge in [-0.25, -0.2) is 0 Å². The molecule has 0 saturated heterocycles. The van der Waals surface area contributed by atoms with Gasteiger partial charge in [0, 0.05) is 16.1 Å². The Morgan fingerprint density at radius 3 is 2.71 bits per heavy atom. The summed E-state index contributed by atoms with van der Waals surface area (Å²) in [5.41, 5.74) is 1.07. The van der Waals surface area contributed by atoms with Gasteiger partial charge in [-0.3, -0.25) is 4.79 Å². The van der Waals surface area contributed by atoms with Crippen LogP contribution in [0.15, 0.2) is 48.5 Å². The summed E-state index contributed by atoms with van der Waals surface area (Å²) in [4.78, 5) is 14.4. The maximum atomic E-state index is 12.7. The van der Waals surface area contributed by atoms with Crippen LogP contribution in [0, 0.1) is 0 Å². The molecule has 1 aliphatic heterocycles. The van der Waals surface area contributed by atoms with Crippen LogP contribution in [0.3, 0.4) is 0 Å². The van der Waals surface area contributed by atoms with Crippen LogP contribution in [0.4, 0.5) is 5.69 Å². The Morgan fingerprint density at radius 2 is 1.96 bits per heavy atom. The maximum absolute atomic E-state index is 12.7. The van der Waals surface area contributed by atoms with Crippen molar-refractivity contribution in [2.24, 2.45) is 0 Å². The predicted octanol–water partition coefficient (Wildman–Crippen LogP) is 5.21. The molecule has 0 aliphatic carbocycles. The lowest BCUT2D eigenvalue weighted by molar-refractivity contribution is -0.115. The zero-order valence-electron chi connectivity index (χ0n) is 13.4. The number of benzene rings is 2. The standard InChI is InChI=1S/C19H17Cl2NO2/c1-19(2)12-22(16-5-3-4-6-17(16)24-19)18(23)10-8-13-7-9-14(20)11-15(13)21/h3-11H,12H2,1-2H3/b10-8+. The first-order chi connectivity index (χ1) is 11.4. The fourth-order valence-electron chi connectivity index (χ4n) is 2.65. The van der Waals surface area contributed by atoms with E-state index in [9.17, 15) is 4.79 Å². The summed E-state index contributed by atoms with van der Waals surface area (Å²) < 4.78 is 5.94. The van der Waals surface area contributed by atoms with E-state index in [1.54, 1.807) is 29.2 Å². The molecular formula is C19H17Cl2NO2. The lowest BCUT2D eigenvalue weighted by atomic mass is 10.0. The van der Waals surface area contributed by atoms with E-state index in [1.165, 1.54) is 6.08 Å². The summed E-state index contributed by atoms with van der Waals surface area (Å²) in [7, 11) is 0. The minimum atomic E-state index is -0.449. The monoisotopic (exact) mass is 361 g/mol. The van der Waals surface area contributed by atoms with Crippen molar-refractivity contribution in [2.75, 3.05) is 11.4 Å². The predicted molar refractivity (Wildman–Crippen MR) is 99.0 cm³/mol.